The average molecular weight is 322 g/mol. The van der Waals surface area contributed by atoms with Crippen LogP contribution in [-0.2, 0) is 4.79 Å². The highest BCUT2D eigenvalue weighted by molar-refractivity contribution is 9.10. The van der Waals surface area contributed by atoms with Gasteiger partial charge in [0.25, 0.3) is 0 Å². The largest absolute Gasteiger partial charge is 0.309 e. The van der Waals surface area contributed by atoms with E-state index in [0.717, 1.165) is 4.47 Å². The average Bonchev–Trinajstić information content (AvgIpc) is 2.07. The minimum absolute atomic E-state index is 0.128. The number of rotatable bonds is 2. The molecule has 1 N–H and O–H groups in total. The van der Waals surface area contributed by atoms with Gasteiger partial charge in [0.2, 0.25) is 5.91 Å². The summed E-state index contributed by atoms with van der Waals surface area (Å²) in [5.74, 6) is 0.405. The van der Waals surface area contributed by atoms with E-state index in [9.17, 15) is 4.79 Å². The topological polar surface area (TPSA) is 42.0 Å². The predicted molar refractivity (Wildman–Crippen MR) is 63.6 cm³/mol. The van der Waals surface area contributed by atoms with E-state index in [1.54, 1.807) is 26.1 Å². The van der Waals surface area contributed by atoms with Gasteiger partial charge in [-0.2, -0.15) is 0 Å². The van der Waals surface area contributed by atoms with Crippen molar-refractivity contribution < 1.29 is 4.79 Å². The Kier molecular flexibility index (Phi) is 3.66. The van der Waals surface area contributed by atoms with Gasteiger partial charge in [-0.3, -0.25) is 4.79 Å². The number of aromatic nitrogens is 1. The van der Waals surface area contributed by atoms with Crippen LogP contribution >= 0.6 is 31.9 Å². The SMILES string of the molecule is CC(C)(Br)C(=O)Nc1ncccc1Br. The summed E-state index contributed by atoms with van der Waals surface area (Å²) < 4.78 is 0.175. The van der Waals surface area contributed by atoms with Crippen LogP contribution < -0.4 is 5.32 Å². The van der Waals surface area contributed by atoms with Crippen molar-refractivity contribution >= 4 is 43.6 Å². The lowest BCUT2D eigenvalue weighted by Gasteiger charge is -2.15. The molecule has 0 unspecified atom stereocenters. The molecule has 0 fully saturated rings. The van der Waals surface area contributed by atoms with Crippen molar-refractivity contribution in [1.29, 1.82) is 0 Å². The molecule has 0 aromatic carbocycles. The number of carbonyl (C=O) groups is 1. The lowest BCUT2D eigenvalue weighted by Crippen LogP contribution is -2.31. The number of carbonyl (C=O) groups excluding carboxylic acids is 1. The Balaban J connectivity index is 2.80. The summed E-state index contributed by atoms with van der Waals surface area (Å²) in [6, 6.07) is 3.61. The smallest absolute Gasteiger partial charge is 0.241 e. The maximum atomic E-state index is 11.6. The summed E-state index contributed by atoms with van der Waals surface area (Å²) >= 11 is 6.57. The number of pyridine rings is 1. The van der Waals surface area contributed by atoms with Crippen LogP contribution in [0.1, 0.15) is 13.8 Å². The molecule has 1 amide bonds. The molecule has 76 valence electrons. The van der Waals surface area contributed by atoms with Gasteiger partial charge in [0.1, 0.15) is 5.82 Å². The Hall–Kier alpha value is -0.420. The second-order valence-electron chi connectivity index (χ2n) is 3.26. The van der Waals surface area contributed by atoms with Crippen LogP contribution in [0.4, 0.5) is 5.82 Å². The molecule has 3 nitrogen and oxygen atoms in total. The van der Waals surface area contributed by atoms with Gasteiger partial charge in [0.15, 0.2) is 0 Å². The fourth-order valence-electron chi connectivity index (χ4n) is 0.734. The maximum Gasteiger partial charge on any atom is 0.241 e. The number of alkyl halides is 1. The fraction of sp³-hybridized carbons (Fsp3) is 0.333. The molecular formula is C9H10Br2N2O. The Labute approximate surface area is 99.6 Å². The van der Waals surface area contributed by atoms with E-state index in [1.807, 2.05) is 6.07 Å². The van der Waals surface area contributed by atoms with Gasteiger partial charge >= 0.3 is 0 Å². The molecule has 0 aliphatic heterocycles. The second-order valence-corrected chi connectivity index (χ2v) is 6.10. The molecule has 1 aromatic heterocycles. The summed E-state index contributed by atoms with van der Waals surface area (Å²) in [5.41, 5.74) is 0. The fourth-order valence-corrected chi connectivity index (χ4v) is 1.19. The molecule has 0 radical (unpaired) electrons. The van der Waals surface area contributed by atoms with Gasteiger partial charge in [-0.05, 0) is 41.9 Å². The number of amides is 1. The van der Waals surface area contributed by atoms with Gasteiger partial charge in [0.05, 0.1) is 8.80 Å². The first-order valence-electron chi connectivity index (χ1n) is 4.02. The van der Waals surface area contributed by atoms with Crippen LogP contribution in [0.25, 0.3) is 0 Å². The minimum Gasteiger partial charge on any atom is -0.309 e. The molecule has 0 atom stereocenters. The number of nitrogens with one attached hydrogen (secondary N) is 1. The molecule has 1 heterocycles. The van der Waals surface area contributed by atoms with Gasteiger partial charge in [-0.1, -0.05) is 15.9 Å². The Morgan fingerprint density at radius 1 is 1.57 bits per heavy atom. The number of nitrogens with zero attached hydrogens (tertiary/aromatic N) is 1. The van der Waals surface area contributed by atoms with E-state index in [1.165, 1.54) is 0 Å². The minimum atomic E-state index is -0.593. The first-order valence-corrected chi connectivity index (χ1v) is 5.61. The first-order chi connectivity index (χ1) is 6.41. The van der Waals surface area contributed by atoms with Gasteiger partial charge in [-0.15, -0.1) is 0 Å². The number of halogens is 2. The first kappa shape index (κ1) is 11.7. The molecule has 1 aromatic rings. The van der Waals surface area contributed by atoms with Gasteiger partial charge < -0.3 is 5.32 Å². The maximum absolute atomic E-state index is 11.6. The third kappa shape index (κ3) is 3.06. The standard InChI is InChI=1S/C9H10Br2N2O/c1-9(2,11)8(14)13-7-6(10)4-3-5-12-7/h3-5H,1-2H3,(H,12,13,14). The number of hydrogen-bond acceptors (Lipinski definition) is 2. The van der Waals surface area contributed by atoms with Crippen LogP contribution in [0.15, 0.2) is 22.8 Å². The summed E-state index contributed by atoms with van der Waals surface area (Å²) in [6.07, 6.45) is 1.63. The molecular weight excluding hydrogens is 312 g/mol. The van der Waals surface area contributed by atoms with Crippen molar-refractivity contribution in [3.63, 3.8) is 0 Å². The number of hydrogen-bond donors (Lipinski definition) is 1. The zero-order chi connectivity index (χ0) is 10.8. The lowest BCUT2D eigenvalue weighted by atomic mass is 10.2. The van der Waals surface area contributed by atoms with Crippen LogP contribution in [0.3, 0.4) is 0 Å². The van der Waals surface area contributed by atoms with Crippen LogP contribution in [0, 0.1) is 0 Å². The molecule has 0 aliphatic rings. The third-order valence-electron chi connectivity index (χ3n) is 1.53. The molecule has 14 heavy (non-hydrogen) atoms. The lowest BCUT2D eigenvalue weighted by molar-refractivity contribution is -0.117. The van der Waals surface area contributed by atoms with Gasteiger partial charge in [0, 0.05) is 6.20 Å². The van der Waals surface area contributed by atoms with Crippen LogP contribution in [-0.4, -0.2) is 15.2 Å². The number of anilines is 1. The molecule has 0 spiro atoms. The zero-order valence-electron chi connectivity index (χ0n) is 7.84. The highest BCUT2D eigenvalue weighted by atomic mass is 79.9. The van der Waals surface area contributed by atoms with Crippen molar-refractivity contribution in [2.75, 3.05) is 5.32 Å². The van der Waals surface area contributed by atoms with Crippen molar-refractivity contribution in [3.8, 4) is 0 Å². The van der Waals surface area contributed by atoms with Crippen LogP contribution in [0.5, 0.6) is 0 Å². The third-order valence-corrected chi connectivity index (χ3v) is 2.53. The molecule has 5 heteroatoms. The quantitative estimate of drug-likeness (QED) is 0.851. The van der Waals surface area contributed by atoms with Crippen molar-refractivity contribution in [2.45, 2.75) is 18.2 Å². The molecule has 0 aliphatic carbocycles. The monoisotopic (exact) mass is 320 g/mol. The van der Waals surface area contributed by atoms with Crippen molar-refractivity contribution in [1.82, 2.24) is 4.98 Å². The molecule has 0 saturated carbocycles. The van der Waals surface area contributed by atoms with E-state index >= 15 is 0 Å². The summed E-state index contributed by atoms with van der Waals surface area (Å²) in [6.45, 7) is 3.55. The normalized spacial score (nSPS) is 11.1. The molecule has 0 bridgehead atoms. The Bertz CT molecular complexity index is 347. The summed E-state index contributed by atoms with van der Waals surface area (Å²) in [7, 11) is 0. The van der Waals surface area contributed by atoms with Crippen LogP contribution in [0.2, 0.25) is 0 Å². The summed E-state index contributed by atoms with van der Waals surface area (Å²) in [4.78, 5) is 15.6. The zero-order valence-corrected chi connectivity index (χ0v) is 11.0. The molecule has 1 rings (SSSR count). The van der Waals surface area contributed by atoms with E-state index in [0.29, 0.717) is 5.82 Å². The van der Waals surface area contributed by atoms with Crippen molar-refractivity contribution in [3.05, 3.63) is 22.8 Å². The Morgan fingerprint density at radius 3 is 2.71 bits per heavy atom. The highest BCUT2D eigenvalue weighted by Crippen LogP contribution is 2.22. The van der Waals surface area contributed by atoms with E-state index in [-0.39, 0.29) is 5.91 Å². The van der Waals surface area contributed by atoms with Crippen molar-refractivity contribution in [2.24, 2.45) is 0 Å². The summed E-state index contributed by atoms with van der Waals surface area (Å²) in [5, 5.41) is 2.71. The van der Waals surface area contributed by atoms with E-state index in [2.05, 4.69) is 42.2 Å². The second kappa shape index (κ2) is 4.40. The van der Waals surface area contributed by atoms with E-state index in [4.69, 9.17) is 0 Å². The van der Waals surface area contributed by atoms with E-state index < -0.39 is 4.32 Å². The Morgan fingerprint density at radius 2 is 2.21 bits per heavy atom. The predicted octanol–water partition coefficient (Wildman–Crippen LogP) is 2.96. The van der Waals surface area contributed by atoms with Gasteiger partial charge in [-0.25, -0.2) is 4.98 Å². The highest BCUT2D eigenvalue weighted by Gasteiger charge is 2.24. The molecule has 0 saturated heterocycles.